The van der Waals surface area contributed by atoms with Gasteiger partial charge in [0.25, 0.3) is 0 Å². The highest BCUT2D eigenvalue weighted by molar-refractivity contribution is 5.76. The molecule has 2 N–H and O–H groups in total. The minimum absolute atomic E-state index is 0.192. The van der Waals surface area contributed by atoms with Crippen LogP contribution in [0.15, 0.2) is 42.5 Å². The summed E-state index contributed by atoms with van der Waals surface area (Å²) in [5.74, 6) is 0. The lowest BCUT2D eigenvalue weighted by Gasteiger charge is -2.34. The lowest BCUT2D eigenvalue weighted by molar-refractivity contribution is 0.517. The average Bonchev–Trinajstić information content (AvgIpc) is 2.28. The predicted molar refractivity (Wildman–Crippen MR) is 73.0 cm³/mol. The molecule has 2 aromatic carbocycles. The highest BCUT2D eigenvalue weighted by atomic mass is 14.5. The lowest BCUT2D eigenvalue weighted by Crippen LogP contribution is -2.25. The second-order valence-electron chi connectivity index (χ2n) is 5.52. The van der Waals surface area contributed by atoms with Gasteiger partial charge in [0, 0.05) is 5.69 Å². The highest BCUT2D eigenvalue weighted by Crippen LogP contribution is 2.43. The molecule has 0 bridgehead atoms. The fourth-order valence-corrected chi connectivity index (χ4v) is 2.90. The maximum Gasteiger partial charge on any atom is 0.0317 e. The number of benzene rings is 2. The highest BCUT2D eigenvalue weighted by Gasteiger charge is 2.30. The van der Waals surface area contributed by atoms with Gasteiger partial charge in [-0.3, -0.25) is 0 Å². The summed E-state index contributed by atoms with van der Waals surface area (Å²) in [6, 6.07) is 15.0. The first kappa shape index (κ1) is 10.4. The summed E-state index contributed by atoms with van der Waals surface area (Å²) in [6.45, 7) is 4.61. The second-order valence-corrected chi connectivity index (χ2v) is 5.52. The lowest BCUT2D eigenvalue weighted by atomic mass is 9.70. The van der Waals surface area contributed by atoms with Gasteiger partial charge in [-0.1, -0.05) is 44.2 Å². The van der Waals surface area contributed by atoms with E-state index in [1.165, 1.54) is 22.3 Å². The smallest absolute Gasteiger partial charge is 0.0317 e. The van der Waals surface area contributed by atoms with Gasteiger partial charge in [-0.2, -0.15) is 0 Å². The molecule has 0 atom stereocenters. The Labute approximate surface area is 102 Å². The van der Waals surface area contributed by atoms with Crippen LogP contribution in [0.25, 0.3) is 11.1 Å². The molecule has 0 heterocycles. The zero-order chi connectivity index (χ0) is 12.0. The molecule has 0 saturated heterocycles. The molecule has 3 rings (SSSR count). The number of hydrogen-bond donors (Lipinski definition) is 1. The van der Waals surface area contributed by atoms with E-state index < -0.39 is 0 Å². The number of hydrogen-bond acceptors (Lipinski definition) is 1. The number of nitrogens with two attached hydrogens (primary N) is 1. The minimum atomic E-state index is 0.192. The minimum Gasteiger partial charge on any atom is -0.399 e. The van der Waals surface area contributed by atoms with E-state index in [0.717, 1.165) is 12.1 Å². The van der Waals surface area contributed by atoms with Crippen molar-refractivity contribution in [3.8, 4) is 11.1 Å². The van der Waals surface area contributed by atoms with Crippen LogP contribution in [0.1, 0.15) is 25.0 Å². The van der Waals surface area contributed by atoms with E-state index in [4.69, 9.17) is 5.73 Å². The Kier molecular flexibility index (Phi) is 2.06. The van der Waals surface area contributed by atoms with Crippen LogP contribution in [0.3, 0.4) is 0 Å². The largest absolute Gasteiger partial charge is 0.399 e. The molecule has 0 amide bonds. The van der Waals surface area contributed by atoms with Crippen LogP contribution in [0.4, 0.5) is 5.69 Å². The molecule has 0 spiro atoms. The Morgan fingerprint density at radius 1 is 1.00 bits per heavy atom. The van der Waals surface area contributed by atoms with Gasteiger partial charge in [0.15, 0.2) is 0 Å². The van der Waals surface area contributed by atoms with Crippen molar-refractivity contribution < 1.29 is 0 Å². The summed E-state index contributed by atoms with van der Waals surface area (Å²) in [5, 5.41) is 0. The predicted octanol–water partition coefficient (Wildman–Crippen LogP) is 3.77. The standard InChI is InChI=1S/C16H17N/c1-16(2)10-11-9-12(17)7-8-13(11)14-5-3-4-6-15(14)16/h3-9H,10,17H2,1-2H3. The third-order valence-corrected chi connectivity index (χ3v) is 3.71. The van der Waals surface area contributed by atoms with Gasteiger partial charge >= 0.3 is 0 Å². The number of nitrogen functional groups attached to an aromatic ring is 1. The molecule has 0 saturated carbocycles. The zero-order valence-corrected chi connectivity index (χ0v) is 10.3. The van der Waals surface area contributed by atoms with E-state index in [0.29, 0.717) is 0 Å². The molecule has 86 valence electrons. The van der Waals surface area contributed by atoms with E-state index in [9.17, 15) is 0 Å². The molecule has 1 aliphatic carbocycles. The molecule has 0 radical (unpaired) electrons. The molecule has 1 aliphatic rings. The van der Waals surface area contributed by atoms with Gasteiger partial charge in [0.05, 0.1) is 0 Å². The van der Waals surface area contributed by atoms with Gasteiger partial charge in [0.1, 0.15) is 0 Å². The van der Waals surface area contributed by atoms with Crippen molar-refractivity contribution in [1.82, 2.24) is 0 Å². The maximum absolute atomic E-state index is 5.89. The van der Waals surface area contributed by atoms with Gasteiger partial charge in [0.2, 0.25) is 0 Å². The fourth-order valence-electron chi connectivity index (χ4n) is 2.90. The summed E-state index contributed by atoms with van der Waals surface area (Å²) in [4.78, 5) is 0. The maximum atomic E-state index is 5.89. The second kappa shape index (κ2) is 3.36. The van der Waals surface area contributed by atoms with Crippen LogP contribution in [-0.2, 0) is 11.8 Å². The Bertz CT molecular complexity index is 582. The van der Waals surface area contributed by atoms with Gasteiger partial charge in [-0.15, -0.1) is 0 Å². The van der Waals surface area contributed by atoms with Crippen molar-refractivity contribution in [3.05, 3.63) is 53.6 Å². The Morgan fingerprint density at radius 2 is 1.76 bits per heavy atom. The molecular weight excluding hydrogens is 206 g/mol. The van der Waals surface area contributed by atoms with Gasteiger partial charge < -0.3 is 5.73 Å². The van der Waals surface area contributed by atoms with Crippen molar-refractivity contribution >= 4 is 5.69 Å². The first-order valence-electron chi connectivity index (χ1n) is 6.06. The molecule has 17 heavy (non-hydrogen) atoms. The molecule has 0 fully saturated rings. The van der Waals surface area contributed by atoms with Crippen molar-refractivity contribution in [2.45, 2.75) is 25.7 Å². The average molecular weight is 223 g/mol. The molecule has 2 aromatic rings. The third kappa shape index (κ3) is 1.54. The van der Waals surface area contributed by atoms with Crippen molar-refractivity contribution in [2.24, 2.45) is 0 Å². The summed E-state index contributed by atoms with van der Waals surface area (Å²) >= 11 is 0. The van der Waals surface area contributed by atoms with Crippen molar-refractivity contribution in [2.75, 3.05) is 5.73 Å². The first-order valence-corrected chi connectivity index (χ1v) is 6.06. The quantitative estimate of drug-likeness (QED) is 0.676. The number of anilines is 1. The van der Waals surface area contributed by atoms with Crippen LogP contribution < -0.4 is 5.73 Å². The zero-order valence-electron chi connectivity index (χ0n) is 10.3. The van der Waals surface area contributed by atoms with Crippen molar-refractivity contribution in [3.63, 3.8) is 0 Å². The summed E-state index contributed by atoms with van der Waals surface area (Å²) in [6.07, 6.45) is 1.06. The van der Waals surface area contributed by atoms with Gasteiger partial charge in [-0.05, 0) is 46.2 Å². The molecular formula is C16H17N. The van der Waals surface area contributed by atoms with E-state index in [1.54, 1.807) is 0 Å². The summed E-state index contributed by atoms with van der Waals surface area (Å²) in [5.41, 5.74) is 12.5. The van der Waals surface area contributed by atoms with Crippen molar-refractivity contribution in [1.29, 1.82) is 0 Å². The molecule has 0 unspecified atom stereocenters. The normalized spacial score (nSPS) is 16.1. The van der Waals surface area contributed by atoms with Crippen LogP contribution in [0, 0.1) is 0 Å². The fraction of sp³-hybridized carbons (Fsp3) is 0.250. The van der Waals surface area contributed by atoms with E-state index in [1.807, 2.05) is 6.07 Å². The van der Waals surface area contributed by atoms with Crippen LogP contribution in [0.2, 0.25) is 0 Å². The van der Waals surface area contributed by atoms with Gasteiger partial charge in [-0.25, -0.2) is 0 Å². The number of rotatable bonds is 0. The Morgan fingerprint density at radius 3 is 2.59 bits per heavy atom. The SMILES string of the molecule is CC1(C)Cc2cc(N)ccc2-c2ccccc21. The molecule has 1 heteroatoms. The third-order valence-electron chi connectivity index (χ3n) is 3.71. The molecule has 0 aliphatic heterocycles. The Balaban J connectivity index is 2.31. The van der Waals surface area contributed by atoms with E-state index in [-0.39, 0.29) is 5.41 Å². The number of fused-ring (bicyclic) bond motifs is 3. The topological polar surface area (TPSA) is 26.0 Å². The Hall–Kier alpha value is -1.76. The molecule has 1 nitrogen and oxygen atoms in total. The van der Waals surface area contributed by atoms with Crippen LogP contribution in [0.5, 0.6) is 0 Å². The summed E-state index contributed by atoms with van der Waals surface area (Å²) < 4.78 is 0. The molecule has 0 aromatic heterocycles. The van der Waals surface area contributed by atoms with E-state index >= 15 is 0 Å². The van der Waals surface area contributed by atoms with Crippen LogP contribution >= 0.6 is 0 Å². The monoisotopic (exact) mass is 223 g/mol. The van der Waals surface area contributed by atoms with Crippen LogP contribution in [-0.4, -0.2) is 0 Å². The van der Waals surface area contributed by atoms with E-state index in [2.05, 4.69) is 50.2 Å². The first-order chi connectivity index (χ1) is 8.08. The summed E-state index contributed by atoms with van der Waals surface area (Å²) in [7, 11) is 0.